The number of carbonyl (C=O) groups is 1. The molecule has 0 heterocycles. The molecule has 0 aromatic heterocycles. The van der Waals surface area contributed by atoms with Crippen molar-refractivity contribution >= 4 is 23.2 Å². The van der Waals surface area contributed by atoms with Gasteiger partial charge in [-0.3, -0.25) is 14.9 Å². The molecule has 1 amide bonds. The van der Waals surface area contributed by atoms with Gasteiger partial charge in [-0.05, 0) is 68.4 Å². The van der Waals surface area contributed by atoms with Crippen molar-refractivity contribution in [1.82, 2.24) is 5.32 Å². The minimum atomic E-state index is -0.539. The fourth-order valence-electron chi connectivity index (χ4n) is 5.37. The van der Waals surface area contributed by atoms with E-state index in [0.717, 1.165) is 37.0 Å². The van der Waals surface area contributed by atoms with E-state index in [9.17, 15) is 14.9 Å². The van der Waals surface area contributed by atoms with Crippen LogP contribution < -0.4 is 5.32 Å². The largest absolute Gasteiger partial charge is 0.347 e. The van der Waals surface area contributed by atoms with E-state index in [0.29, 0.717) is 5.56 Å². The van der Waals surface area contributed by atoms with Gasteiger partial charge in [0.15, 0.2) is 0 Å². The second-order valence-corrected chi connectivity index (χ2v) is 7.98. The zero-order valence-electron chi connectivity index (χ0n) is 12.8. The molecule has 0 saturated heterocycles. The van der Waals surface area contributed by atoms with Crippen molar-refractivity contribution in [1.29, 1.82) is 0 Å². The summed E-state index contributed by atoms with van der Waals surface area (Å²) >= 11 is 5.92. The average Bonchev–Trinajstić information content (AvgIpc) is 2.44. The third-order valence-corrected chi connectivity index (χ3v) is 6.13. The molecule has 0 radical (unpaired) electrons. The van der Waals surface area contributed by atoms with Crippen LogP contribution >= 0.6 is 11.6 Å². The number of nitrogens with one attached hydrogen (secondary N) is 1. The second kappa shape index (κ2) is 5.20. The maximum absolute atomic E-state index is 12.6. The van der Waals surface area contributed by atoms with Crippen molar-refractivity contribution in [3.05, 3.63) is 38.9 Å². The molecule has 5 nitrogen and oxygen atoms in total. The van der Waals surface area contributed by atoms with E-state index in [2.05, 4.69) is 5.32 Å². The van der Waals surface area contributed by atoms with Gasteiger partial charge in [-0.25, -0.2) is 0 Å². The van der Waals surface area contributed by atoms with E-state index >= 15 is 0 Å². The van der Waals surface area contributed by atoms with Crippen LogP contribution in [0.1, 0.15) is 48.9 Å². The number of amides is 1. The standard InChI is InChI=1S/C17H19ClN2O3/c18-14-6-13(1-2-15(14)20(22)23)16(21)19-17-7-10-3-11(8-17)5-12(4-10)9-17/h1-2,6,10-12H,3-5,7-9H2,(H,19,21). The summed E-state index contributed by atoms with van der Waals surface area (Å²) in [4.78, 5) is 22.9. The number of rotatable bonds is 3. The quantitative estimate of drug-likeness (QED) is 0.672. The average molecular weight is 335 g/mol. The van der Waals surface area contributed by atoms with Crippen molar-refractivity contribution in [2.75, 3.05) is 0 Å². The van der Waals surface area contributed by atoms with Gasteiger partial charge in [0, 0.05) is 17.2 Å². The molecule has 4 bridgehead atoms. The van der Waals surface area contributed by atoms with Crippen molar-refractivity contribution in [2.45, 2.75) is 44.1 Å². The number of nitro benzene ring substituents is 1. The van der Waals surface area contributed by atoms with Gasteiger partial charge in [-0.15, -0.1) is 0 Å². The molecule has 0 spiro atoms. The predicted molar refractivity (Wildman–Crippen MR) is 86.5 cm³/mol. The molecular weight excluding hydrogens is 316 g/mol. The Morgan fingerprint density at radius 1 is 1.17 bits per heavy atom. The van der Waals surface area contributed by atoms with E-state index in [1.54, 1.807) is 0 Å². The van der Waals surface area contributed by atoms with Crippen molar-refractivity contribution < 1.29 is 9.72 Å². The van der Waals surface area contributed by atoms with Gasteiger partial charge in [0.1, 0.15) is 5.02 Å². The van der Waals surface area contributed by atoms with E-state index < -0.39 is 4.92 Å². The molecule has 0 atom stereocenters. The first-order valence-corrected chi connectivity index (χ1v) is 8.58. The van der Waals surface area contributed by atoms with Crippen LogP contribution in [0.15, 0.2) is 18.2 Å². The maximum atomic E-state index is 12.6. The summed E-state index contributed by atoms with van der Waals surface area (Å²) in [6.07, 6.45) is 7.18. The highest BCUT2D eigenvalue weighted by molar-refractivity contribution is 6.33. The molecule has 1 aromatic rings. The summed E-state index contributed by atoms with van der Waals surface area (Å²) in [6.45, 7) is 0. The van der Waals surface area contributed by atoms with Crippen LogP contribution in [0.5, 0.6) is 0 Å². The number of benzene rings is 1. The third kappa shape index (κ3) is 2.61. The van der Waals surface area contributed by atoms with Gasteiger partial charge >= 0.3 is 0 Å². The number of hydrogen-bond acceptors (Lipinski definition) is 3. The summed E-state index contributed by atoms with van der Waals surface area (Å²) in [5, 5.41) is 14.1. The molecule has 122 valence electrons. The zero-order valence-corrected chi connectivity index (χ0v) is 13.5. The van der Waals surface area contributed by atoms with E-state index in [-0.39, 0.29) is 22.2 Å². The number of hydrogen-bond donors (Lipinski definition) is 1. The Hall–Kier alpha value is -1.62. The molecule has 1 N–H and O–H groups in total. The molecule has 23 heavy (non-hydrogen) atoms. The fraction of sp³-hybridized carbons (Fsp3) is 0.588. The van der Waals surface area contributed by atoms with Crippen LogP contribution in [-0.2, 0) is 0 Å². The SMILES string of the molecule is O=C(NC12CC3CC(CC(C3)C1)C2)c1ccc([N+](=O)[O-])c(Cl)c1. The van der Waals surface area contributed by atoms with E-state index in [4.69, 9.17) is 11.6 Å². The third-order valence-electron chi connectivity index (χ3n) is 5.82. The predicted octanol–water partition coefficient (Wildman–Crippen LogP) is 3.95. The Kier molecular flexibility index (Phi) is 3.38. The lowest BCUT2D eigenvalue weighted by Gasteiger charge is -2.56. The first-order chi connectivity index (χ1) is 10.9. The highest BCUT2D eigenvalue weighted by atomic mass is 35.5. The minimum Gasteiger partial charge on any atom is -0.347 e. The Morgan fingerprint density at radius 2 is 1.74 bits per heavy atom. The monoisotopic (exact) mass is 334 g/mol. The van der Waals surface area contributed by atoms with Gasteiger partial charge in [0.05, 0.1) is 4.92 Å². The molecule has 5 rings (SSSR count). The Morgan fingerprint density at radius 3 is 2.22 bits per heavy atom. The molecule has 0 aliphatic heterocycles. The van der Waals surface area contributed by atoms with Crippen LogP contribution in [-0.4, -0.2) is 16.4 Å². The number of carbonyl (C=O) groups excluding carboxylic acids is 1. The summed E-state index contributed by atoms with van der Waals surface area (Å²) in [5.41, 5.74) is 0.162. The molecule has 4 aliphatic rings. The fourth-order valence-corrected chi connectivity index (χ4v) is 5.62. The molecular formula is C17H19ClN2O3. The van der Waals surface area contributed by atoms with Gasteiger partial charge in [-0.2, -0.15) is 0 Å². The Balaban J connectivity index is 1.54. The van der Waals surface area contributed by atoms with Crippen LogP contribution in [0, 0.1) is 27.9 Å². The first-order valence-electron chi connectivity index (χ1n) is 8.20. The summed E-state index contributed by atoms with van der Waals surface area (Å²) < 4.78 is 0. The smallest absolute Gasteiger partial charge is 0.287 e. The van der Waals surface area contributed by atoms with Gasteiger partial charge < -0.3 is 5.32 Å². The topological polar surface area (TPSA) is 72.2 Å². The normalized spacial score (nSPS) is 34.4. The first kappa shape index (κ1) is 14.9. The maximum Gasteiger partial charge on any atom is 0.287 e. The van der Waals surface area contributed by atoms with E-state index in [1.165, 1.54) is 37.5 Å². The van der Waals surface area contributed by atoms with E-state index in [1.807, 2.05) is 0 Å². The molecule has 1 aromatic carbocycles. The van der Waals surface area contributed by atoms with Gasteiger partial charge in [0.25, 0.3) is 11.6 Å². The minimum absolute atomic E-state index is 0.00756. The number of halogens is 1. The molecule has 0 unspecified atom stereocenters. The molecule has 4 aliphatic carbocycles. The van der Waals surface area contributed by atoms with Crippen molar-refractivity contribution in [2.24, 2.45) is 17.8 Å². The number of nitro groups is 1. The van der Waals surface area contributed by atoms with Crippen LogP contribution in [0.3, 0.4) is 0 Å². The highest BCUT2D eigenvalue weighted by Crippen LogP contribution is 2.55. The molecule has 6 heteroatoms. The van der Waals surface area contributed by atoms with Gasteiger partial charge in [0.2, 0.25) is 0 Å². The Labute approximate surface area is 139 Å². The van der Waals surface area contributed by atoms with Gasteiger partial charge in [-0.1, -0.05) is 11.6 Å². The molecule has 4 fully saturated rings. The second-order valence-electron chi connectivity index (χ2n) is 7.58. The molecule has 4 saturated carbocycles. The summed E-state index contributed by atoms with van der Waals surface area (Å²) in [6, 6.07) is 4.19. The van der Waals surface area contributed by atoms with Crippen LogP contribution in [0.4, 0.5) is 5.69 Å². The zero-order chi connectivity index (χ0) is 16.2. The summed E-state index contributed by atoms with van der Waals surface area (Å²) in [7, 11) is 0. The highest BCUT2D eigenvalue weighted by Gasteiger charge is 2.51. The van der Waals surface area contributed by atoms with Crippen LogP contribution in [0.25, 0.3) is 0 Å². The van der Waals surface area contributed by atoms with Crippen molar-refractivity contribution in [3.8, 4) is 0 Å². The lowest BCUT2D eigenvalue weighted by Crippen LogP contribution is -2.59. The lowest BCUT2D eigenvalue weighted by molar-refractivity contribution is -0.384. The number of nitrogens with zero attached hydrogens (tertiary/aromatic N) is 1. The Bertz CT molecular complexity index is 653. The lowest BCUT2D eigenvalue weighted by atomic mass is 9.53. The summed E-state index contributed by atoms with van der Waals surface area (Å²) in [5.74, 6) is 2.09. The van der Waals surface area contributed by atoms with Crippen LogP contribution in [0.2, 0.25) is 5.02 Å². The van der Waals surface area contributed by atoms with Crippen molar-refractivity contribution in [3.63, 3.8) is 0 Å².